The van der Waals surface area contributed by atoms with Crippen LogP contribution in [0.5, 0.6) is 0 Å². The lowest BCUT2D eigenvalue weighted by atomic mass is 10.2. The van der Waals surface area contributed by atoms with Crippen LogP contribution in [0, 0.1) is 6.92 Å². The minimum atomic E-state index is -0.463. The molecule has 0 aromatic carbocycles. The SMILES string of the molecule is CCOC(=O)c1sc2nc(CN(C)CC(C)O)[nH]c(=O)c2c1C. The van der Waals surface area contributed by atoms with Crippen LogP contribution in [-0.4, -0.2) is 52.2 Å². The van der Waals surface area contributed by atoms with Gasteiger partial charge in [0.15, 0.2) is 0 Å². The third-order valence-corrected chi connectivity index (χ3v) is 4.47. The largest absolute Gasteiger partial charge is 0.462 e. The normalized spacial score (nSPS) is 12.8. The summed E-state index contributed by atoms with van der Waals surface area (Å²) >= 11 is 1.17. The average molecular weight is 339 g/mol. The Labute approximate surface area is 137 Å². The van der Waals surface area contributed by atoms with Gasteiger partial charge >= 0.3 is 5.97 Å². The average Bonchev–Trinajstić information content (AvgIpc) is 2.75. The Kier molecular flexibility index (Phi) is 5.51. The first-order valence-corrected chi connectivity index (χ1v) is 8.21. The van der Waals surface area contributed by atoms with Crippen LogP contribution < -0.4 is 5.56 Å². The number of hydrogen-bond donors (Lipinski definition) is 2. The van der Waals surface area contributed by atoms with Crippen LogP contribution in [-0.2, 0) is 11.3 Å². The number of hydrogen-bond acceptors (Lipinski definition) is 7. The van der Waals surface area contributed by atoms with Gasteiger partial charge in [-0.3, -0.25) is 9.69 Å². The number of aryl methyl sites for hydroxylation is 1. The lowest BCUT2D eigenvalue weighted by Gasteiger charge is -2.17. The number of aromatic nitrogens is 2. The monoisotopic (exact) mass is 339 g/mol. The van der Waals surface area contributed by atoms with E-state index in [9.17, 15) is 14.7 Å². The minimum Gasteiger partial charge on any atom is -0.462 e. The zero-order chi connectivity index (χ0) is 17.1. The molecular formula is C15H21N3O4S. The van der Waals surface area contributed by atoms with Gasteiger partial charge in [0.2, 0.25) is 0 Å². The number of ether oxygens (including phenoxy) is 1. The maximum Gasteiger partial charge on any atom is 0.348 e. The molecular weight excluding hydrogens is 318 g/mol. The molecule has 1 atom stereocenters. The van der Waals surface area contributed by atoms with Gasteiger partial charge in [-0.2, -0.15) is 0 Å². The molecule has 0 saturated heterocycles. The fourth-order valence-corrected chi connectivity index (χ4v) is 3.52. The summed E-state index contributed by atoms with van der Waals surface area (Å²) in [5.74, 6) is 0.0717. The van der Waals surface area contributed by atoms with Crippen LogP contribution in [0.2, 0.25) is 0 Å². The predicted molar refractivity (Wildman–Crippen MR) is 88.9 cm³/mol. The Morgan fingerprint density at radius 3 is 2.83 bits per heavy atom. The van der Waals surface area contributed by atoms with Crippen molar-refractivity contribution in [2.24, 2.45) is 0 Å². The summed E-state index contributed by atoms with van der Waals surface area (Å²) in [5, 5.41) is 9.83. The third kappa shape index (κ3) is 3.95. The summed E-state index contributed by atoms with van der Waals surface area (Å²) in [7, 11) is 1.83. The molecule has 0 amide bonds. The maximum atomic E-state index is 12.3. The number of esters is 1. The Bertz CT molecular complexity index is 766. The van der Waals surface area contributed by atoms with E-state index < -0.39 is 12.1 Å². The van der Waals surface area contributed by atoms with Gasteiger partial charge in [0.05, 0.1) is 24.6 Å². The second-order valence-electron chi connectivity index (χ2n) is 5.52. The summed E-state index contributed by atoms with van der Waals surface area (Å²) in [6.45, 7) is 6.32. The molecule has 1 unspecified atom stereocenters. The van der Waals surface area contributed by atoms with E-state index in [0.717, 1.165) is 0 Å². The first-order chi connectivity index (χ1) is 10.8. The zero-order valence-electron chi connectivity index (χ0n) is 13.7. The van der Waals surface area contributed by atoms with Crippen molar-refractivity contribution in [2.45, 2.75) is 33.4 Å². The molecule has 2 rings (SSSR count). The number of likely N-dealkylation sites (N-methyl/N-ethyl adjacent to an activating group) is 1. The number of H-pyrrole nitrogens is 1. The van der Waals surface area contributed by atoms with Crippen LogP contribution in [0.3, 0.4) is 0 Å². The predicted octanol–water partition coefficient (Wildman–Crippen LogP) is 1.28. The van der Waals surface area contributed by atoms with Crippen molar-refractivity contribution >= 4 is 27.5 Å². The molecule has 8 heteroatoms. The van der Waals surface area contributed by atoms with Crippen molar-refractivity contribution in [1.82, 2.24) is 14.9 Å². The molecule has 0 aliphatic carbocycles. The van der Waals surface area contributed by atoms with Crippen LogP contribution in [0.25, 0.3) is 10.2 Å². The van der Waals surface area contributed by atoms with Crippen molar-refractivity contribution in [3.63, 3.8) is 0 Å². The molecule has 2 aromatic rings. The van der Waals surface area contributed by atoms with Crippen LogP contribution >= 0.6 is 11.3 Å². The number of carbonyl (C=O) groups is 1. The molecule has 2 heterocycles. The Morgan fingerprint density at radius 2 is 2.22 bits per heavy atom. The van der Waals surface area contributed by atoms with Gasteiger partial charge in [-0.25, -0.2) is 9.78 Å². The first kappa shape index (κ1) is 17.6. The molecule has 126 valence electrons. The fraction of sp³-hybridized carbons (Fsp3) is 0.533. The quantitative estimate of drug-likeness (QED) is 0.770. The molecule has 0 radical (unpaired) electrons. The highest BCUT2D eigenvalue weighted by molar-refractivity contribution is 7.20. The fourth-order valence-electron chi connectivity index (χ4n) is 2.43. The number of carbonyl (C=O) groups excluding carboxylic acids is 1. The molecule has 0 fully saturated rings. The highest BCUT2D eigenvalue weighted by atomic mass is 32.1. The van der Waals surface area contributed by atoms with E-state index in [2.05, 4.69) is 9.97 Å². The highest BCUT2D eigenvalue weighted by Gasteiger charge is 2.20. The molecule has 2 aromatic heterocycles. The Hall–Kier alpha value is -1.77. The molecule has 0 spiro atoms. The minimum absolute atomic E-state index is 0.264. The van der Waals surface area contributed by atoms with Crippen molar-refractivity contribution < 1.29 is 14.6 Å². The smallest absolute Gasteiger partial charge is 0.348 e. The number of fused-ring (bicyclic) bond motifs is 1. The van der Waals surface area contributed by atoms with E-state index in [1.807, 2.05) is 11.9 Å². The molecule has 0 saturated carbocycles. The van der Waals surface area contributed by atoms with E-state index in [0.29, 0.717) is 39.6 Å². The van der Waals surface area contributed by atoms with Crippen LogP contribution in [0.4, 0.5) is 0 Å². The van der Waals surface area contributed by atoms with Gasteiger partial charge in [0, 0.05) is 6.54 Å². The number of rotatable bonds is 6. The molecule has 0 aliphatic rings. The van der Waals surface area contributed by atoms with Gasteiger partial charge in [-0.15, -0.1) is 11.3 Å². The van der Waals surface area contributed by atoms with Crippen molar-refractivity contribution in [3.05, 3.63) is 26.6 Å². The van der Waals surface area contributed by atoms with E-state index in [4.69, 9.17) is 4.74 Å². The molecule has 0 bridgehead atoms. The molecule has 23 heavy (non-hydrogen) atoms. The summed E-state index contributed by atoms with van der Waals surface area (Å²) in [4.78, 5) is 34.2. The summed E-state index contributed by atoms with van der Waals surface area (Å²) < 4.78 is 5.01. The molecule has 7 nitrogen and oxygen atoms in total. The van der Waals surface area contributed by atoms with E-state index >= 15 is 0 Å². The number of aromatic amines is 1. The van der Waals surface area contributed by atoms with Crippen LogP contribution in [0.1, 0.15) is 34.9 Å². The van der Waals surface area contributed by atoms with Crippen molar-refractivity contribution in [2.75, 3.05) is 20.2 Å². The summed E-state index contributed by atoms with van der Waals surface area (Å²) in [6.07, 6.45) is -0.463. The standard InChI is InChI=1S/C15H21N3O4S/c1-5-22-15(21)12-9(3)11-13(20)16-10(17-14(11)23-12)7-18(4)6-8(2)19/h8,19H,5-7H2,1-4H3,(H,16,17,20). The first-order valence-electron chi connectivity index (χ1n) is 7.39. The van der Waals surface area contributed by atoms with Gasteiger partial charge in [0.1, 0.15) is 15.5 Å². The third-order valence-electron chi connectivity index (χ3n) is 3.31. The van der Waals surface area contributed by atoms with Gasteiger partial charge in [-0.1, -0.05) is 0 Å². The number of thiophene rings is 1. The topological polar surface area (TPSA) is 95.5 Å². The summed E-state index contributed by atoms with van der Waals surface area (Å²) in [6, 6.07) is 0. The lowest BCUT2D eigenvalue weighted by Crippen LogP contribution is -2.28. The zero-order valence-corrected chi connectivity index (χ0v) is 14.5. The van der Waals surface area contributed by atoms with Crippen molar-refractivity contribution in [3.8, 4) is 0 Å². The van der Waals surface area contributed by atoms with E-state index in [1.165, 1.54) is 11.3 Å². The Morgan fingerprint density at radius 1 is 1.52 bits per heavy atom. The van der Waals surface area contributed by atoms with E-state index in [1.54, 1.807) is 20.8 Å². The number of nitrogens with one attached hydrogen (secondary N) is 1. The number of aliphatic hydroxyl groups excluding tert-OH is 1. The van der Waals surface area contributed by atoms with Crippen molar-refractivity contribution in [1.29, 1.82) is 0 Å². The lowest BCUT2D eigenvalue weighted by molar-refractivity contribution is 0.0531. The molecule has 2 N–H and O–H groups in total. The maximum absolute atomic E-state index is 12.3. The highest BCUT2D eigenvalue weighted by Crippen LogP contribution is 2.27. The van der Waals surface area contributed by atoms with Gasteiger partial charge in [0.25, 0.3) is 5.56 Å². The Balaban J connectivity index is 2.38. The van der Waals surface area contributed by atoms with Gasteiger partial charge < -0.3 is 14.8 Å². The second kappa shape index (κ2) is 7.20. The van der Waals surface area contributed by atoms with Gasteiger partial charge in [-0.05, 0) is 33.4 Å². The second-order valence-corrected chi connectivity index (χ2v) is 6.51. The van der Waals surface area contributed by atoms with Crippen LogP contribution in [0.15, 0.2) is 4.79 Å². The van der Waals surface area contributed by atoms with E-state index in [-0.39, 0.29) is 12.2 Å². The summed E-state index contributed by atoms with van der Waals surface area (Å²) in [5.41, 5.74) is 0.334. The number of aliphatic hydroxyl groups is 1. The molecule has 0 aliphatic heterocycles. The number of nitrogens with zero attached hydrogens (tertiary/aromatic N) is 2.